The Kier molecular flexibility index (Phi) is 8.62. The van der Waals surface area contributed by atoms with Gasteiger partial charge in [0, 0.05) is 36.9 Å². The van der Waals surface area contributed by atoms with Gasteiger partial charge in [-0.3, -0.25) is 0 Å². The van der Waals surface area contributed by atoms with Crippen molar-refractivity contribution < 1.29 is 0 Å². The fourth-order valence-electron chi connectivity index (χ4n) is 9.86. The lowest BCUT2D eigenvalue weighted by Gasteiger charge is -2.34. The summed E-state index contributed by atoms with van der Waals surface area (Å²) in [6.07, 6.45) is 0. The van der Waals surface area contributed by atoms with Gasteiger partial charge >= 0.3 is 0 Å². The second-order valence-corrected chi connectivity index (χ2v) is 17.1. The van der Waals surface area contributed by atoms with E-state index in [0.29, 0.717) is 5.82 Å². The molecule has 1 aliphatic rings. The molecule has 2 aromatic heterocycles. The first-order valence-corrected chi connectivity index (χ1v) is 22.0. The number of rotatable bonds is 7. The van der Waals surface area contributed by atoms with E-state index in [9.17, 15) is 0 Å². The maximum Gasteiger partial charge on any atom is 0.160 e. The van der Waals surface area contributed by atoms with Gasteiger partial charge in [0.25, 0.3) is 0 Å². The standard InChI is InChI=1S/C59H38N2S/c1-4-17-41(18-5-1)58-60-53(38-54(61-58)47-24-11-10-23-45(47)42-35-36-56-50(37-42)48-25-13-15-30-55(48)62-56)40-33-31-39(32-34-40)46-27-16-29-52-57(46)49-26-12-14-28-51(49)59(52,43-19-6-2-7-20-43)44-21-8-3-9-22-44/h1-38H. The topological polar surface area (TPSA) is 25.8 Å². The molecule has 0 atom stereocenters. The van der Waals surface area contributed by atoms with Gasteiger partial charge in [0.1, 0.15) is 0 Å². The van der Waals surface area contributed by atoms with Gasteiger partial charge in [-0.2, -0.15) is 0 Å². The van der Waals surface area contributed by atoms with Gasteiger partial charge in [-0.25, -0.2) is 9.97 Å². The van der Waals surface area contributed by atoms with Gasteiger partial charge in [-0.1, -0.05) is 206 Å². The monoisotopic (exact) mass is 806 g/mol. The summed E-state index contributed by atoms with van der Waals surface area (Å²) in [6, 6.07) is 83.4. The van der Waals surface area contributed by atoms with Crippen LogP contribution in [0.1, 0.15) is 22.3 Å². The Labute approximate surface area is 365 Å². The van der Waals surface area contributed by atoms with E-state index in [2.05, 4.69) is 224 Å². The highest BCUT2D eigenvalue weighted by molar-refractivity contribution is 7.25. The SMILES string of the molecule is c1ccc(-c2nc(-c3ccc(-c4cccc5c4-c4ccccc4C5(c4ccccc4)c4ccccc4)cc3)cc(-c3ccccc3-c3ccc4sc5ccccc5c4c3)n2)cc1. The van der Waals surface area contributed by atoms with Gasteiger partial charge in [-0.05, 0) is 79.9 Å². The second kappa shape index (κ2) is 14.8. The summed E-state index contributed by atoms with van der Waals surface area (Å²) in [6.45, 7) is 0. The number of hydrogen-bond donors (Lipinski definition) is 0. The van der Waals surface area contributed by atoms with E-state index in [-0.39, 0.29) is 0 Å². The molecular weight excluding hydrogens is 769 g/mol. The quantitative estimate of drug-likeness (QED) is 0.160. The Bertz CT molecular complexity index is 3400. The third-order valence-corrected chi connectivity index (χ3v) is 13.8. The fraction of sp³-hybridized carbons (Fsp3) is 0.0169. The normalized spacial score (nSPS) is 12.6. The molecule has 0 amide bonds. The highest BCUT2D eigenvalue weighted by Gasteiger charge is 2.46. The minimum atomic E-state index is -0.449. The molecule has 0 bridgehead atoms. The smallest absolute Gasteiger partial charge is 0.160 e. The van der Waals surface area contributed by atoms with Crippen LogP contribution in [0.5, 0.6) is 0 Å². The zero-order valence-corrected chi connectivity index (χ0v) is 34.6. The summed E-state index contributed by atoms with van der Waals surface area (Å²) in [7, 11) is 0. The van der Waals surface area contributed by atoms with Crippen LogP contribution in [0.25, 0.3) is 87.5 Å². The molecule has 62 heavy (non-hydrogen) atoms. The first-order chi connectivity index (χ1) is 30.7. The lowest BCUT2D eigenvalue weighted by molar-refractivity contribution is 0.768. The molecule has 3 heteroatoms. The molecular formula is C59H38N2S. The van der Waals surface area contributed by atoms with E-state index < -0.39 is 5.41 Å². The number of thiophene rings is 1. The van der Waals surface area contributed by atoms with E-state index in [4.69, 9.17) is 9.97 Å². The summed E-state index contributed by atoms with van der Waals surface area (Å²) in [4.78, 5) is 10.5. The van der Waals surface area contributed by atoms with Crippen molar-refractivity contribution in [2.45, 2.75) is 5.41 Å². The molecule has 2 heterocycles. The molecule has 0 spiro atoms. The molecule has 0 aliphatic heterocycles. The van der Waals surface area contributed by atoms with E-state index in [1.54, 1.807) is 0 Å². The van der Waals surface area contributed by atoms with E-state index in [1.807, 2.05) is 17.4 Å². The zero-order chi connectivity index (χ0) is 41.0. The Morgan fingerprint density at radius 3 is 1.63 bits per heavy atom. The zero-order valence-electron chi connectivity index (χ0n) is 33.7. The van der Waals surface area contributed by atoms with Crippen LogP contribution in [-0.4, -0.2) is 9.97 Å². The van der Waals surface area contributed by atoms with Crippen LogP contribution in [-0.2, 0) is 5.41 Å². The average molecular weight is 807 g/mol. The maximum atomic E-state index is 5.27. The summed E-state index contributed by atoms with van der Waals surface area (Å²) in [5, 5.41) is 2.58. The molecule has 290 valence electrons. The van der Waals surface area contributed by atoms with Crippen molar-refractivity contribution in [3.8, 4) is 67.3 Å². The molecule has 0 fully saturated rings. The summed E-state index contributed by atoms with van der Waals surface area (Å²) in [5.74, 6) is 0.701. The minimum Gasteiger partial charge on any atom is -0.228 e. The van der Waals surface area contributed by atoms with E-state index in [0.717, 1.165) is 39.2 Å². The van der Waals surface area contributed by atoms with E-state index >= 15 is 0 Å². The number of hydrogen-bond acceptors (Lipinski definition) is 3. The summed E-state index contributed by atoms with van der Waals surface area (Å²) >= 11 is 1.84. The predicted octanol–water partition coefficient (Wildman–Crippen LogP) is 15.5. The Hall–Kier alpha value is -7.72. The number of nitrogens with zero attached hydrogens (tertiary/aromatic N) is 2. The molecule has 0 unspecified atom stereocenters. The molecule has 12 rings (SSSR count). The van der Waals surface area contributed by atoms with Gasteiger partial charge in [0.15, 0.2) is 5.82 Å². The Morgan fingerprint density at radius 1 is 0.323 bits per heavy atom. The third kappa shape index (κ3) is 5.78. The second-order valence-electron chi connectivity index (χ2n) is 16.0. The van der Waals surface area contributed by atoms with Crippen molar-refractivity contribution in [3.63, 3.8) is 0 Å². The fourth-order valence-corrected chi connectivity index (χ4v) is 10.9. The maximum absolute atomic E-state index is 5.27. The predicted molar refractivity (Wildman–Crippen MR) is 259 cm³/mol. The molecule has 0 saturated heterocycles. The molecule has 0 radical (unpaired) electrons. The van der Waals surface area contributed by atoms with Gasteiger partial charge in [0.2, 0.25) is 0 Å². The molecule has 0 saturated carbocycles. The number of aromatic nitrogens is 2. The molecule has 0 N–H and O–H groups in total. The van der Waals surface area contributed by atoms with E-state index in [1.165, 1.54) is 64.7 Å². The van der Waals surface area contributed by atoms with Crippen LogP contribution in [0, 0.1) is 0 Å². The van der Waals surface area contributed by atoms with Crippen molar-refractivity contribution in [2.24, 2.45) is 0 Å². The first-order valence-electron chi connectivity index (χ1n) is 21.1. The van der Waals surface area contributed by atoms with Crippen molar-refractivity contribution in [1.82, 2.24) is 9.97 Å². The van der Waals surface area contributed by atoms with Crippen LogP contribution in [0.3, 0.4) is 0 Å². The lowest BCUT2D eigenvalue weighted by atomic mass is 9.67. The summed E-state index contributed by atoms with van der Waals surface area (Å²) < 4.78 is 2.60. The highest BCUT2D eigenvalue weighted by atomic mass is 32.1. The summed E-state index contributed by atoms with van der Waals surface area (Å²) in [5.41, 5.74) is 16.8. The largest absolute Gasteiger partial charge is 0.228 e. The van der Waals surface area contributed by atoms with Crippen molar-refractivity contribution in [1.29, 1.82) is 0 Å². The molecule has 1 aliphatic carbocycles. The van der Waals surface area contributed by atoms with Crippen LogP contribution in [0.4, 0.5) is 0 Å². The van der Waals surface area contributed by atoms with Crippen molar-refractivity contribution in [3.05, 3.63) is 253 Å². The molecule has 9 aromatic carbocycles. The lowest BCUT2D eigenvalue weighted by Crippen LogP contribution is -2.28. The van der Waals surface area contributed by atoms with Gasteiger partial charge < -0.3 is 0 Å². The number of fused-ring (bicyclic) bond motifs is 6. The third-order valence-electron chi connectivity index (χ3n) is 12.6. The highest BCUT2D eigenvalue weighted by Crippen LogP contribution is 2.58. The average Bonchev–Trinajstić information content (AvgIpc) is 3.88. The van der Waals surface area contributed by atoms with Crippen LogP contribution < -0.4 is 0 Å². The molecule has 11 aromatic rings. The first kappa shape index (κ1) is 36.2. The van der Waals surface area contributed by atoms with Crippen LogP contribution in [0.2, 0.25) is 0 Å². The van der Waals surface area contributed by atoms with Crippen molar-refractivity contribution >= 4 is 31.5 Å². The van der Waals surface area contributed by atoms with Crippen molar-refractivity contribution in [2.75, 3.05) is 0 Å². The Balaban J connectivity index is 0.991. The number of benzene rings is 9. The molecule has 2 nitrogen and oxygen atoms in total. The van der Waals surface area contributed by atoms with Crippen LogP contribution in [0.15, 0.2) is 231 Å². The Morgan fingerprint density at radius 2 is 0.871 bits per heavy atom. The van der Waals surface area contributed by atoms with Crippen LogP contribution >= 0.6 is 11.3 Å². The van der Waals surface area contributed by atoms with Gasteiger partial charge in [-0.15, -0.1) is 11.3 Å². The minimum absolute atomic E-state index is 0.449. The van der Waals surface area contributed by atoms with Gasteiger partial charge in [0.05, 0.1) is 16.8 Å².